The van der Waals surface area contributed by atoms with Gasteiger partial charge in [0.1, 0.15) is 5.82 Å². The molecule has 2 fully saturated rings. The Labute approximate surface area is 241 Å². The maximum atomic E-state index is 13.7. The van der Waals surface area contributed by atoms with Gasteiger partial charge >= 0.3 is 0 Å². The topological polar surface area (TPSA) is 13.0 Å². The van der Waals surface area contributed by atoms with E-state index in [0.29, 0.717) is 12.1 Å². The molecule has 40 heavy (non-hydrogen) atoms. The Kier molecular flexibility index (Phi) is 10.0. The molecule has 3 aromatic rings. The SMILES string of the molecule is Cc1ccc(-c2ccccc2CCCN2CCN(CC(c3ccc(F)cc3)N3CCN(C(C)C)CC3)CC2)cc1. The van der Waals surface area contributed by atoms with E-state index in [0.717, 1.165) is 71.9 Å². The fourth-order valence-electron chi connectivity index (χ4n) is 6.37. The fourth-order valence-corrected chi connectivity index (χ4v) is 6.37. The number of aryl methyl sites for hydroxylation is 2. The van der Waals surface area contributed by atoms with Crippen molar-refractivity contribution in [1.82, 2.24) is 19.6 Å². The first-order chi connectivity index (χ1) is 19.5. The minimum atomic E-state index is -0.151. The van der Waals surface area contributed by atoms with Crippen molar-refractivity contribution in [3.63, 3.8) is 0 Å². The van der Waals surface area contributed by atoms with Crippen LogP contribution in [0.3, 0.4) is 0 Å². The molecule has 0 aromatic heterocycles. The molecule has 2 aliphatic heterocycles. The van der Waals surface area contributed by atoms with Gasteiger partial charge in [-0.05, 0) is 74.5 Å². The average Bonchev–Trinajstić information content (AvgIpc) is 2.98. The number of hydrogen-bond donors (Lipinski definition) is 0. The van der Waals surface area contributed by atoms with Crippen LogP contribution < -0.4 is 0 Å². The van der Waals surface area contributed by atoms with Crippen LogP contribution in [-0.4, -0.2) is 91.1 Å². The first-order valence-electron chi connectivity index (χ1n) is 15.3. The Bertz CT molecular complexity index is 1180. The zero-order valence-corrected chi connectivity index (χ0v) is 24.7. The van der Waals surface area contributed by atoms with Crippen LogP contribution in [0.15, 0.2) is 72.8 Å². The van der Waals surface area contributed by atoms with Crippen molar-refractivity contribution in [1.29, 1.82) is 0 Å². The van der Waals surface area contributed by atoms with E-state index in [-0.39, 0.29) is 5.82 Å². The van der Waals surface area contributed by atoms with Gasteiger partial charge in [0.15, 0.2) is 0 Å². The molecule has 2 saturated heterocycles. The Morgan fingerprint density at radius 1 is 0.700 bits per heavy atom. The molecule has 0 bridgehead atoms. The van der Waals surface area contributed by atoms with Crippen LogP contribution in [0.2, 0.25) is 0 Å². The van der Waals surface area contributed by atoms with Crippen LogP contribution in [0, 0.1) is 12.7 Å². The van der Waals surface area contributed by atoms with Gasteiger partial charge < -0.3 is 4.90 Å². The third kappa shape index (κ3) is 7.58. The predicted molar refractivity (Wildman–Crippen MR) is 165 cm³/mol. The van der Waals surface area contributed by atoms with E-state index >= 15 is 0 Å². The van der Waals surface area contributed by atoms with E-state index < -0.39 is 0 Å². The van der Waals surface area contributed by atoms with Crippen molar-refractivity contribution in [3.05, 3.63) is 95.3 Å². The highest BCUT2D eigenvalue weighted by atomic mass is 19.1. The van der Waals surface area contributed by atoms with E-state index in [1.165, 1.54) is 34.2 Å². The summed E-state index contributed by atoms with van der Waals surface area (Å²) in [5.74, 6) is -0.151. The summed E-state index contributed by atoms with van der Waals surface area (Å²) < 4.78 is 13.7. The number of piperazine rings is 2. The van der Waals surface area contributed by atoms with Gasteiger partial charge in [0.25, 0.3) is 0 Å². The molecule has 0 amide bonds. The van der Waals surface area contributed by atoms with Crippen molar-refractivity contribution in [2.24, 2.45) is 0 Å². The summed E-state index contributed by atoms with van der Waals surface area (Å²) in [4.78, 5) is 10.5. The van der Waals surface area contributed by atoms with Gasteiger partial charge in [0.05, 0.1) is 0 Å². The second-order valence-corrected chi connectivity index (χ2v) is 12.0. The van der Waals surface area contributed by atoms with Crippen molar-refractivity contribution in [2.45, 2.75) is 45.7 Å². The first-order valence-corrected chi connectivity index (χ1v) is 15.3. The minimum Gasteiger partial charge on any atom is -0.301 e. The number of halogens is 1. The summed E-state index contributed by atoms with van der Waals surface area (Å²) in [7, 11) is 0. The molecule has 4 nitrogen and oxygen atoms in total. The number of rotatable bonds is 10. The average molecular weight is 543 g/mol. The zero-order chi connectivity index (χ0) is 27.9. The fraction of sp³-hybridized carbons (Fsp3) is 0.486. The highest BCUT2D eigenvalue weighted by molar-refractivity contribution is 5.67. The molecular formula is C35H47FN4. The largest absolute Gasteiger partial charge is 0.301 e. The molecule has 214 valence electrons. The highest BCUT2D eigenvalue weighted by Crippen LogP contribution is 2.27. The Morgan fingerprint density at radius 2 is 1.32 bits per heavy atom. The van der Waals surface area contributed by atoms with Crippen LogP contribution in [0.5, 0.6) is 0 Å². The molecule has 2 heterocycles. The van der Waals surface area contributed by atoms with E-state index in [4.69, 9.17) is 0 Å². The molecule has 0 N–H and O–H groups in total. The highest BCUT2D eigenvalue weighted by Gasteiger charge is 2.29. The maximum Gasteiger partial charge on any atom is 0.123 e. The van der Waals surface area contributed by atoms with Gasteiger partial charge in [-0.1, -0.05) is 66.2 Å². The summed E-state index contributed by atoms with van der Waals surface area (Å²) >= 11 is 0. The third-order valence-corrected chi connectivity index (χ3v) is 8.97. The minimum absolute atomic E-state index is 0.151. The van der Waals surface area contributed by atoms with Gasteiger partial charge in [0, 0.05) is 71.0 Å². The van der Waals surface area contributed by atoms with Gasteiger partial charge in [-0.2, -0.15) is 0 Å². The first kappa shape index (κ1) is 28.9. The Balaban J connectivity index is 1.13. The van der Waals surface area contributed by atoms with E-state index in [1.54, 1.807) is 12.1 Å². The summed E-state index contributed by atoms with van der Waals surface area (Å²) in [6.07, 6.45) is 2.29. The monoisotopic (exact) mass is 542 g/mol. The number of benzene rings is 3. The third-order valence-electron chi connectivity index (χ3n) is 8.97. The molecule has 2 aliphatic rings. The lowest BCUT2D eigenvalue weighted by Gasteiger charge is -2.43. The van der Waals surface area contributed by atoms with Crippen LogP contribution in [0.1, 0.15) is 43.0 Å². The summed E-state index contributed by atoms with van der Waals surface area (Å²) in [5.41, 5.74) is 6.68. The van der Waals surface area contributed by atoms with Crippen LogP contribution in [0.4, 0.5) is 4.39 Å². The number of nitrogens with zero attached hydrogens (tertiary/aromatic N) is 4. The van der Waals surface area contributed by atoms with E-state index in [1.807, 2.05) is 12.1 Å². The van der Waals surface area contributed by atoms with Gasteiger partial charge in [-0.25, -0.2) is 4.39 Å². The van der Waals surface area contributed by atoms with Gasteiger partial charge in [-0.15, -0.1) is 0 Å². The van der Waals surface area contributed by atoms with Crippen molar-refractivity contribution in [3.8, 4) is 11.1 Å². The van der Waals surface area contributed by atoms with E-state index in [2.05, 4.69) is 88.9 Å². The molecule has 0 spiro atoms. The lowest BCUT2D eigenvalue weighted by atomic mass is 9.96. The summed E-state index contributed by atoms with van der Waals surface area (Å²) in [6, 6.07) is 26.0. The van der Waals surface area contributed by atoms with Crippen LogP contribution >= 0.6 is 0 Å². The standard InChI is InChI=1S/C35H47FN4/c1-28(2)39-23-25-40(26-24-39)35(32-14-16-33(36)17-15-32)27-38-21-19-37(20-22-38)18-6-8-30-7-4-5-9-34(30)31-12-10-29(3)11-13-31/h4-5,7,9-17,28,35H,6,8,18-27H2,1-3H3. The van der Waals surface area contributed by atoms with Crippen molar-refractivity contribution >= 4 is 0 Å². The van der Waals surface area contributed by atoms with E-state index in [9.17, 15) is 4.39 Å². The molecule has 0 radical (unpaired) electrons. The van der Waals surface area contributed by atoms with Crippen molar-refractivity contribution in [2.75, 3.05) is 65.4 Å². The number of hydrogen-bond acceptors (Lipinski definition) is 4. The Morgan fingerprint density at radius 3 is 2.00 bits per heavy atom. The second-order valence-electron chi connectivity index (χ2n) is 12.0. The lowest BCUT2D eigenvalue weighted by Crippen LogP contribution is -2.53. The van der Waals surface area contributed by atoms with Gasteiger partial charge in [0.2, 0.25) is 0 Å². The summed E-state index contributed by atoms with van der Waals surface area (Å²) in [5, 5.41) is 0. The maximum absolute atomic E-state index is 13.7. The van der Waals surface area contributed by atoms with Crippen LogP contribution in [0.25, 0.3) is 11.1 Å². The molecule has 1 unspecified atom stereocenters. The molecular weight excluding hydrogens is 495 g/mol. The zero-order valence-electron chi connectivity index (χ0n) is 24.7. The second kappa shape index (κ2) is 13.9. The molecule has 0 aliphatic carbocycles. The lowest BCUT2D eigenvalue weighted by molar-refractivity contribution is 0.0481. The smallest absolute Gasteiger partial charge is 0.123 e. The molecule has 0 saturated carbocycles. The normalized spacial score (nSPS) is 18.8. The van der Waals surface area contributed by atoms with Gasteiger partial charge in [-0.3, -0.25) is 14.7 Å². The Hall–Kier alpha value is -2.57. The molecule has 3 aromatic carbocycles. The molecule has 5 heteroatoms. The van der Waals surface area contributed by atoms with Crippen LogP contribution in [-0.2, 0) is 6.42 Å². The molecule has 5 rings (SSSR count). The van der Waals surface area contributed by atoms with Crippen molar-refractivity contribution < 1.29 is 4.39 Å². The predicted octanol–water partition coefficient (Wildman–Crippen LogP) is 6.12. The summed E-state index contributed by atoms with van der Waals surface area (Å²) in [6.45, 7) is 17.7. The quantitative estimate of drug-likeness (QED) is 0.306. The molecule has 1 atom stereocenters.